The largest absolute Gasteiger partial charge is 0.463 e. The Morgan fingerprint density at radius 2 is 1.87 bits per heavy atom. The molecule has 0 aromatic carbocycles. The van der Waals surface area contributed by atoms with Gasteiger partial charge in [-0.3, -0.25) is 4.79 Å². The van der Waals surface area contributed by atoms with E-state index in [0.29, 0.717) is 12.8 Å². The van der Waals surface area contributed by atoms with Gasteiger partial charge in [-0.2, -0.15) is 0 Å². The van der Waals surface area contributed by atoms with E-state index < -0.39 is 42.8 Å². The van der Waals surface area contributed by atoms with Gasteiger partial charge in [0, 0.05) is 18.3 Å². The number of rotatable bonds is 5. The number of esters is 1. The van der Waals surface area contributed by atoms with E-state index >= 15 is 0 Å². The molecule has 178 valence electrons. The molecule has 0 spiro atoms. The Kier molecular flexibility index (Phi) is 7.50. The molecule has 2 saturated carbocycles. The van der Waals surface area contributed by atoms with Crippen LogP contribution >= 0.6 is 0 Å². The molecule has 0 radical (unpaired) electrons. The number of hydrogen-bond donors (Lipinski definition) is 4. The summed E-state index contributed by atoms with van der Waals surface area (Å²) in [5, 5.41) is 42.1. The molecule has 3 fully saturated rings. The van der Waals surface area contributed by atoms with E-state index in [-0.39, 0.29) is 35.9 Å². The van der Waals surface area contributed by atoms with E-state index in [0.717, 1.165) is 18.4 Å². The third kappa shape index (κ3) is 4.70. The number of ether oxygens (including phenoxy) is 3. The molecule has 1 saturated heterocycles. The Bertz CT molecular complexity index is 666. The third-order valence-electron chi connectivity index (χ3n) is 7.68. The fourth-order valence-corrected chi connectivity index (χ4v) is 5.71. The van der Waals surface area contributed by atoms with Crippen molar-refractivity contribution in [3.63, 3.8) is 0 Å². The van der Waals surface area contributed by atoms with Gasteiger partial charge in [0.25, 0.3) is 0 Å². The summed E-state index contributed by atoms with van der Waals surface area (Å²) in [6.07, 6.45) is -4.40. The lowest BCUT2D eigenvalue weighted by Crippen LogP contribution is -2.62. The number of fused-ring (bicyclic) bond motifs is 1. The van der Waals surface area contributed by atoms with Crippen LogP contribution in [0.3, 0.4) is 0 Å². The molecule has 1 aliphatic heterocycles. The van der Waals surface area contributed by atoms with Crippen LogP contribution in [0.25, 0.3) is 0 Å². The number of carbonyl (C=O) groups excluding carboxylic acids is 1. The Morgan fingerprint density at radius 1 is 1.19 bits per heavy atom. The van der Waals surface area contributed by atoms with Crippen molar-refractivity contribution in [2.75, 3.05) is 6.61 Å². The fourth-order valence-electron chi connectivity index (χ4n) is 5.71. The highest BCUT2D eigenvalue weighted by atomic mass is 16.7. The highest BCUT2D eigenvalue weighted by molar-refractivity contribution is 5.65. The first kappa shape index (κ1) is 24.6. The van der Waals surface area contributed by atoms with Crippen LogP contribution in [0.15, 0.2) is 12.2 Å². The van der Waals surface area contributed by atoms with Gasteiger partial charge in [-0.05, 0) is 37.5 Å². The van der Waals surface area contributed by atoms with Crippen molar-refractivity contribution in [1.29, 1.82) is 0 Å². The second-order valence-corrected chi connectivity index (χ2v) is 10.1. The first-order valence-electron chi connectivity index (χ1n) is 11.3. The summed E-state index contributed by atoms with van der Waals surface area (Å²) in [6.45, 7) is 11.6. The SMILES string of the molecule is C=C1CC[C@@H](O)[C@]2(C)CC[C@@H](C(C)C)[C@@H](O[C@H]3O[C@@H](COC(C)=O)[C@@H](O)[C@@H](O)[C@H]3O)[C@@H]12. The first-order valence-corrected chi connectivity index (χ1v) is 11.3. The molecule has 2 aliphatic carbocycles. The highest BCUT2D eigenvalue weighted by Gasteiger charge is 2.56. The molecular formula is C23H38O8. The molecular weight excluding hydrogens is 404 g/mol. The maximum atomic E-state index is 11.2. The van der Waals surface area contributed by atoms with Crippen LogP contribution in [0.4, 0.5) is 0 Å². The zero-order valence-electron chi connectivity index (χ0n) is 18.9. The quantitative estimate of drug-likeness (QED) is 0.369. The summed E-state index contributed by atoms with van der Waals surface area (Å²) < 4.78 is 17.1. The van der Waals surface area contributed by atoms with Gasteiger partial charge in [-0.25, -0.2) is 0 Å². The lowest BCUT2D eigenvalue weighted by molar-refractivity contribution is -0.327. The number of hydrogen-bond acceptors (Lipinski definition) is 8. The lowest BCUT2D eigenvalue weighted by atomic mass is 9.53. The standard InChI is InChI=1S/C23H38O8/c1-11(2)14-8-9-23(5)16(25)7-6-12(3)17(23)21(14)31-22-20(28)19(27)18(26)15(30-22)10-29-13(4)24/h11,14-22,25-28H,3,6-10H2,1-2,4-5H3/t14-,15-,16+,17+,18+,19+,20+,21+,22+,23-/m0/s1. The summed E-state index contributed by atoms with van der Waals surface area (Å²) in [5.74, 6) is -0.227. The van der Waals surface area contributed by atoms with Crippen molar-refractivity contribution in [3.05, 3.63) is 12.2 Å². The van der Waals surface area contributed by atoms with Gasteiger partial charge < -0.3 is 34.6 Å². The fraction of sp³-hybridized carbons (Fsp3) is 0.870. The van der Waals surface area contributed by atoms with E-state index in [4.69, 9.17) is 14.2 Å². The average molecular weight is 443 g/mol. The Balaban J connectivity index is 1.86. The minimum atomic E-state index is -1.51. The molecule has 0 aromatic rings. The molecule has 10 atom stereocenters. The molecule has 8 heteroatoms. The summed E-state index contributed by atoms with van der Waals surface area (Å²) in [5.41, 5.74) is 0.630. The van der Waals surface area contributed by atoms with Gasteiger partial charge in [0.1, 0.15) is 31.0 Å². The molecule has 3 rings (SSSR count). The van der Waals surface area contributed by atoms with Crippen molar-refractivity contribution >= 4 is 5.97 Å². The van der Waals surface area contributed by atoms with Crippen LogP contribution in [0, 0.1) is 23.2 Å². The zero-order chi connectivity index (χ0) is 23.1. The smallest absolute Gasteiger partial charge is 0.302 e. The third-order valence-corrected chi connectivity index (χ3v) is 7.68. The van der Waals surface area contributed by atoms with Crippen LogP contribution < -0.4 is 0 Å². The summed E-state index contributed by atoms with van der Waals surface area (Å²) >= 11 is 0. The zero-order valence-corrected chi connectivity index (χ0v) is 18.9. The lowest BCUT2D eigenvalue weighted by Gasteiger charge is -2.56. The van der Waals surface area contributed by atoms with Crippen molar-refractivity contribution in [2.24, 2.45) is 23.2 Å². The van der Waals surface area contributed by atoms with Gasteiger partial charge in [0.05, 0.1) is 12.2 Å². The van der Waals surface area contributed by atoms with E-state index in [1.807, 2.05) is 0 Å². The second kappa shape index (κ2) is 9.45. The van der Waals surface area contributed by atoms with Crippen molar-refractivity contribution in [3.8, 4) is 0 Å². The molecule has 1 heterocycles. The molecule has 3 aliphatic rings. The maximum Gasteiger partial charge on any atom is 0.302 e. The minimum Gasteiger partial charge on any atom is -0.463 e. The maximum absolute atomic E-state index is 11.2. The molecule has 0 amide bonds. The molecule has 4 N–H and O–H groups in total. The molecule has 31 heavy (non-hydrogen) atoms. The second-order valence-electron chi connectivity index (χ2n) is 10.1. The Morgan fingerprint density at radius 3 is 2.48 bits per heavy atom. The van der Waals surface area contributed by atoms with E-state index in [1.165, 1.54) is 6.92 Å². The van der Waals surface area contributed by atoms with Crippen molar-refractivity contribution in [2.45, 2.75) is 96.3 Å². The summed E-state index contributed by atoms with van der Waals surface area (Å²) in [7, 11) is 0. The minimum absolute atomic E-state index is 0.121. The number of aliphatic hydroxyl groups excluding tert-OH is 4. The Hall–Kier alpha value is -1.03. The molecule has 0 bridgehead atoms. The van der Waals surface area contributed by atoms with Crippen LogP contribution in [0.1, 0.15) is 53.4 Å². The average Bonchev–Trinajstić information content (AvgIpc) is 2.70. The van der Waals surface area contributed by atoms with Gasteiger partial charge in [0.2, 0.25) is 0 Å². The predicted octanol–water partition coefficient (Wildman–Crippen LogP) is 1.14. The van der Waals surface area contributed by atoms with Crippen LogP contribution in [0.5, 0.6) is 0 Å². The van der Waals surface area contributed by atoms with E-state index in [1.54, 1.807) is 0 Å². The summed E-state index contributed by atoms with van der Waals surface area (Å²) in [4.78, 5) is 11.2. The van der Waals surface area contributed by atoms with Gasteiger partial charge in [-0.1, -0.05) is 32.9 Å². The number of aliphatic hydroxyl groups is 4. The van der Waals surface area contributed by atoms with E-state index in [2.05, 4.69) is 27.4 Å². The van der Waals surface area contributed by atoms with Crippen LogP contribution in [-0.2, 0) is 19.0 Å². The van der Waals surface area contributed by atoms with E-state index in [9.17, 15) is 25.2 Å². The monoisotopic (exact) mass is 442 g/mol. The van der Waals surface area contributed by atoms with Crippen molar-refractivity contribution in [1.82, 2.24) is 0 Å². The van der Waals surface area contributed by atoms with Crippen molar-refractivity contribution < 1.29 is 39.4 Å². The van der Waals surface area contributed by atoms with Crippen LogP contribution in [-0.4, -0.2) is 75.9 Å². The highest BCUT2D eigenvalue weighted by Crippen LogP contribution is 2.56. The van der Waals surface area contributed by atoms with Gasteiger partial charge in [0.15, 0.2) is 6.29 Å². The number of carbonyl (C=O) groups is 1. The predicted molar refractivity (Wildman–Crippen MR) is 112 cm³/mol. The molecule has 0 unspecified atom stereocenters. The van der Waals surface area contributed by atoms with Gasteiger partial charge in [-0.15, -0.1) is 0 Å². The van der Waals surface area contributed by atoms with Crippen LogP contribution in [0.2, 0.25) is 0 Å². The Labute approximate surface area is 184 Å². The topological polar surface area (TPSA) is 126 Å². The molecule has 0 aromatic heterocycles. The molecule has 8 nitrogen and oxygen atoms in total. The first-order chi connectivity index (χ1) is 14.5. The normalized spacial score (nSPS) is 46.0. The van der Waals surface area contributed by atoms with Gasteiger partial charge >= 0.3 is 5.97 Å². The summed E-state index contributed by atoms with van der Waals surface area (Å²) in [6, 6.07) is 0.